The lowest BCUT2D eigenvalue weighted by atomic mass is 9.85. The Morgan fingerprint density at radius 2 is 1.82 bits per heavy atom. The molecule has 0 aliphatic heterocycles. The van der Waals surface area contributed by atoms with E-state index < -0.39 is 11.6 Å². The summed E-state index contributed by atoms with van der Waals surface area (Å²) in [5, 5.41) is 0.0418. The number of halogens is 3. The monoisotopic (exact) mass is 258 g/mol. The molecule has 0 bridgehead atoms. The van der Waals surface area contributed by atoms with Gasteiger partial charge in [-0.05, 0) is 42.9 Å². The van der Waals surface area contributed by atoms with E-state index >= 15 is 0 Å². The van der Waals surface area contributed by atoms with E-state index in [0.717, 1.165) is 18.4 Å². The van der Waals surface area contributed by atoms with E-state index in [2.05, 4.69) is 0 Å². The van der Waals surface area contributed by atoms with Crippen molar-refractivity contribution in [2.45, 2.75) is 43.9 Å². The van der Waals surface area contributed by atoms with E-state index in [4.69, 9.17) is 11.6 Å². The highest BCUT2D eigenvalue weighted by molar-refractivity contribution is 6.20. The average Bonchev–Trinajstić information content (AvgIpc) is 2.35. The molecule has 94 valence electrons. The molecule has 1 saturated carbocycles. The summed E-state index contributed by atoms with van der Waals surface area (Å²) >= 11 is 6.37. The van der Waals surface area contributed by atoms with Gasteiger partial charge in [0.1, 0.15) is 0 Å². The van der Waals surface area contributed by atoms with Crippen LogP contribution in [0.15, 0.2) is 18.2 Å². The second kappa shape index (κ2) is 5.81. The summed E-state index contributed by atoms with van der Waals surface area (Å²) in [5.41, 5.74) is 0.787. The SMILES string of the molecule is Fc1ccc(CC(Cl)C2CCCCC2)cc1F. The highest BCUT2D eigenvalue weighted by Crippen LogP contribution is 2.31. The van der Waals surface area contributed by atoms with Gasteiger partial charge in [-0.25, -0.2) is 8.78 Å². The first-order chi connectivity index (χ1) is 8.16. The van der Waals surface area contributed by atoms with Crippen LogP contribution in [0.4, 0.5) is 8.78 Å². The van der Waals surface area contributed by atoms with E-state index in [0.29, 0.717) is 12.3 Å². The first-order valence-electron chi connectivity index (χ1n) is 6.25. The molecular weight excluding hydrogens is 242 g/mol. The number of hydrogen-bond acceptors (Lipinski definition) is 0. The van der Waals surface area contributed by atoms with Gasteiger partial charge in [0, 0.05) is 5.38 Å². The molecular formula is C14H17ClF2. The first-order valence-corrected chi connectivity index (χ1v) is 6.68. The molecule has 0 aromatic heterocycles. The fourth-order valence-corrected chi connectivity index (χ4v) is 2.98. The summed E-state index contributed by atoms with van der Waals surface area (Å²) < 4.78 is 25.8. The Bertz CT molecular complexity index is 372. The van der Waals surface area contributed by atoms with E-state index in [-0.39, 0.29) is 5.38 Å². The van der Waals surface area contributed by atoms with Gasteiger partial charge in [0.25, 0.3) is 0 Å². The largest absolute Gasteiger partial charge is 0.204 e. The zero-order chi connectivity index (χ0) is 12.3. The molecule has 0 radical (unpaired) electrons. The van der Waals surface area contributed by atoms with Crippen molar-refractivity contribution in [2.24, 2.45) is 5.92 Å². The molecule has 1 atom stereocenters. The lowest BCUT2D eigenvalue weighted by molar-refractivity contribution is 0.344. The summed E-state index contributed by atoms with van der Waals surface area (Å²) in [5.74, 6) is -1.05. The zero-order valence-electron chi connectivity index (χ0n) is 9.76. The van der Waals surface area contributed by atoms with Crippen molar-refractivity contribution in [1.82, 2.24) is 0 Å². The van der Waals surface area contributed by atoms with Crippen LogP contribution in [-0.4, -0.2) is 5.38 Å². The molecule has 1 unspecified atom stereocenters. The molecule has 1 aromatic rings. The van der Waals surface area contributed by atoms with Crippen molar-refractivity contribution in [2.75, 3.05) is 0 Å². The fourth-order valence-electron chi connectivity index (χ4n) is 2.55. The minimum atomic E-state index is -0.794. The van der Waals surface area contributed by atoms with E-state index in [1.165, 1.54) is 31.4 Å². The standard InChI is InChI=1S/C14H17ClF2/c15-12(11-4-2-1-3-5-11)8-10-6-7-13(16)14(17)9-10/h6-7,9,11-12H,1-5,8H2. The van der Waals surface area contributed by atoms with Gasteiger partial charge in [-0.15, -0.1) is 11.6 Å². The van der Waals surface area contributed by atoms with Crippen molar-refractivity contribution >= 4 is 11.6 Å². The van der Waals surface area contributed by atoms with Gasteiger partial charge in [-0.1, -0.05) is 25.3 Å². The Morgan fingerprint density at radius 3 is 2.47 bits per heavy atom. The van der Waals surface area contributed by atoms with Crippen LogP contribution in [0.1, 0.15) is 37.7 Å². The Kier molecular flexibility index (Phi) is 4.38. The third-order valence-corrected chi connectivity index (χ3v) is 4.09. The maximum absolute atomic E-state index is 13.1. The molecule has 3 heteroatoms. The molecule has 0 amide bonds. The van der Waals surface area contributed by atoms with Gasteiger partial charge in [0.15, 0.2) is 11.6 Å². The number of benzene rings is 1. The van der Waals surface area contributed by atoms with Gasteiger partial charge in [-0.3, -0.25) is 0 Å². The summed E-state index contributed by atoms with van der Waals surface area (Å²) in [4.78, 5) is 0. The third-order valence-electron chi connectivity index (χ3n) is 3.58. The Labute approximate surface area is 106 Å². The average molecular weight is 259 g/mol. The van der Waals surface area contributed by atoms with Crippen molar-refractivity contribution in [3.05, 3.63) is 35.4 Å². The maximum atomic E-state index is 13.1. The molecule has 0 spiro atoms. The Balaban J connectivity index is 1.96. The quantitative estimate of drug-likeness (QED) is 0.690. The second-order valence-corrected chi connectivity index (χ2v) is 5.43. The Hall–Kier alpha value is -0.630. The molecule has 0 N–H and O–H groups in total. The van der Waals surface area contributed by atoms with Crippen molar-refractivity contribution in [1.29, 1.82) is 0 Å². The maximum Gasteiger partial charge on any atom is 0.159 e. The van der Waals surface area contributed by atoms with Gasteiger partial charge in [0.2, 0.25) is 0 Å². The number of rotatable bonds is 3. The molecule has 1 aromatic carbocycles. The van der Waals surface area contributed by atoms with Crippen LogP contribution < -0.4 is 0 Å². The lowest BCUT2D eigenvalue weighted by Gasteiger charge is -2.26. The van der Waals surface area contributed by atoms with Gasteiger partial charge in [-0.2, -0.15) is 0 Å². The topological polar surface area (TPSA) is 0 Å². The van der Waals surface area contributed by atoms with Crippen LogP contribution in [0.2, 0.25) is 0 Å². The van der Waals surface area contributed by atoms with Crippen molar-refractivity contribution in [3.8, 4) is 0 Å². The zero-order valence-corrected chi connectivity index (χ0v) is 10.5. The fraction of sp³-hybridized carbons (Fsp3) is 0.571. The minimum absolute atomic E-state index is 0.0418. The van der Waals surface area contributed by atoms with Crippen LogP contribution in [0, 0.1) is 17.6 Å². The van der Waals surface area contributed by atoms with E-state index in [1.807, 2.05) is 0 Å². The van der Waals surface area contributed by atoms with Gasteiger partial charge < -0.3 is 0 Å². The molecule has 1 aliphatic rings. The second-order valence-electron chi connectivity index (χ2n) is 4.87. The predicted molar refractivity (Wildman–Crippen MR) is 66.3 cm³/mol. The number of hydrogen-bond donors (Lipinski definition) is 0. The van der Waals surface area contributed by atoms with Gasteiger partial charge >= 0.3 is 0 Å². The molecule has 0 nitrogen and oxygen atoms in total. The van der Waals surface area contributed by atoms with Gasteiger partial charge in [0.05, 0.1) is 0 Å². The van der Waals surface area contributed by atoms with E-state index in [9.17, 15) is 8.78 Å². The summed E-state index contributed by atoms with van der Waals surface area (Å²) in [7, 11) is 0. The lowest BCUT2D eigenvalue weighted by Crippen LogP contribution is -2.20. The van der Waals surface area contributed by atoms with Crippen LogP contribution in [0.5, 0.6) is 0 Å². The van der Waals surface area contributed by atoms with Crippen LogP contribution >= 0.6 is 11.6 Å². The molecule has 0 heterocycles. The highest BCUT2D eigenvalue weighted by atomic mass is 35.5. The molecule has 1 aliphatic carbocycles. The summed E-state index contributed by atoms with van der Waals surface area (Å²) in [6.45, 7) is 0. The highest BCUT2D eigenvalue weighted by Gasteiger charge is 2.22. The minimum Gasteiger partial charge on any atom is -0.204 e. The van der Waals surface area contributed by atoms with Crippen molar-refractivity contribution in [3.63, 3.8) is 0 Å². The Morgan fingerprint density at radius 1 is 1.12 bits per heavy atom. The summed E-state index contributed by atoms with van der Waals surface area (Å²) in [6, 6.07) is 4.05. The third kappa shape index (κ3) is 3.41. The number of alkyl halides is 1. The molecule has 0 saturated heterocycles. The van der Waals surface area contributed by atoms with Crippen molar-refractivity contribution < 1.29 is 8.78 Å². The summed E-state index contributed by atoms with van der Waals surface area (Å²) in [6.07, 6.45) is 6.74. The smallest absolute Gasteiger partial charge is 0.159 e. The van der Waals surface area contributed by atoms with E-state index in [1.54, 1.807) is 6.07 Å². The molecule has 2 rings (SSSR count). The van der Waals surface area contributed by atoms with Crippen LogP contribution in [0.3, 0.4) is 0 Å². The first kappa shape index (κ1) is 12.8. The van der Waals surface area contributed by atoms with Crippen LogP contribution in [0.25, 0.3) is 0 Å². The molecule has 1 fully saturated rings. The normalized spacial score (nSPS) is 19.2. The van der Waals surface area contributed by atoms with Crippen LogP contribution in [-0.2, 0) is 6.42 Å². The predicted octanol–water partition coefficient (Wildman–Crippen LogP) is 4.70. The molecule has 17 heavy (non-hydrogen) atoms.